The molecule has 0 bridgehead atoms. The molecule has 5 heteroatoms. The van der Waals surface area contributed by atoms with Gasteiger partial charge >= 0.3 is 0 Å². The van der Waals surface area contributed by atoms with Gasteiger partial charge in [0.1, 0.15) is 5.82 Å². The van der Waals surface area contributed by atoms with Crippen LogP contribution < -0.4 is 10.6 Å². The summed E-state index contributed by atoms with van der Waals surface area (Å²) in [6.07, 6.45) is 1.78. The summed E-state index contributed by atoms with van der Waals surface area (Å²) in [4.78, 5) is 13.7. The smallest absolute Gasteiger partial charge is 0.225 e. The minimum atomic E-state index is 0.566. The Morgan fingerprint density at radius 1 is 0.759 bits per heavy atom. The monoisotopic (exact) mass is 381 g/mol. The number of pyridine rings is 1. The SMILES string of the molecule is Cc1ccc(CNc2cc(-c3ccccc3)nc(NCc3ccccn3)n2)cc1. The molecule has 0 aliphatic rings. The first-order valence-electron chi connectivity index (χ1n) is 9.64. The average molecular weight is 381 g/mol. The predicted octanol–water partition coefficient (Wildman–Crippen LogP) is 5.07. The summed E-state index contributed by atoms with van der Waals surface area (Å²) >= 11 is 0. The van der Waals surface area contributed by atoms with Crippen molar-refractivity contribution in [3.8, 4) is 11.3 Å². The van der Waals surface area contributed by atoms with Crippen molar-refractivity contribution in [3.05, 3.63) is 102 Å². The van der Waals surface area contributed by atoms with E-state index in [4.69, 9.17) is 4.98 Å². The third-order valence-electron chi connectivity index (χ3n) is 4.54. The Labute approximate surface area is 170 Å². The summed E-state index contributed by atoms with van der Waals surface area (Å²) < 4.78 is 0. The van der Waals surface area contributed by atoms with Crippen molar-refractivity contribution < 1.29 is 0 Å². The van der Waals surface area contributed by atoms with E-state index in [9.17, 15) is 0 Å². The van der Waals surface area contributed by atoms with Crippen molar-refractivity contribution in [2.24, 2.45) is 0 Å². The van der Waals surface area contributed by atoms with Gasteiger partial charge in [-0.05, 0) is 24.6 Å². The van der Waals surface area contributed by atoms with Gasteiger partial charge in [0.25, 0.3) is 0 Å². The van der Waals surface area contributed by atoms with Crippen molar-refractivity contribution in [2.75, 3.05) is 10.6 Å². The molecule has 2 N–H and O–H groups in total. The molecule has 144 valence electrons. The highest BCUT2D eigenvalue weighted by Gasteiger charge is 2.07. The second kappa shape index (κ2) is 8.97. The van der Waals surface area contributed by atoms with Crippen LogP contribution in [0.5, 0.6) is 0 Å². The average Bonchev–Trinajstić information content (AvgIpc) is 2.78. The molecule has 4 aromatic rings. The highest BCUT2D eigenvalue weighted by atomic mass is 15.1. The van der Waals surface area contributed by atoms with E-state index in [0.29, 0.717) is 19.0 Å². The number of anilines is 2. The van der Waals surface area contributed by atoms with Crippen LogP contribution in [-0.2, 0) is 13.1 Å². The van der Waals surface area contributed by atoms with E-state index in [-0.39, 0.29) is 0 Å². The molecule has 4 rings (SSSR count). The minimum absolute atomic E-state index is 0.566. The number of aromatic nitrogens is 3. The third kappa shape index (κ3) is 5.17. The van der Waals surface area contributed by atoms with Gasteiger partial charge < -0.3 is 10.6 Å². The Bertz CT molecular complexity index is 1050. The number of nitrogens with zero attached hydrogens (tertiary/aromatic N) is 3. The van der Waals surface area contributed by atoms with Crippen molar-refractivity contribution in [1.82, 2.24) is 15.0 Å². The van der Waals surface area contributed by atoms with Gasteiger partial charge in [-0.1, -0.05) is 66.2 Å². The van der Waals surface area contributed by atoms with E-state index in [2.05, 4.69) is 63.9 Å². The number of rotatable bonds is 7. The van der Waals surface area contributed by atoms with E-state index in [1.165, 1.54) is 11.1 Å². The van der Waals surface area contributed by atoms with Gasteiger partial charge in [0.05, 0.1) is 17.9 Å². The number of benzene rings is 2. The van der Waals surface area contributed by atoms with Crippen LogP contribution in [0.1, 0.15) is 16.8 Å². The lowest BCUT2D eigenvalue weighted by Crippen LogP contribution is -2.08. The third-order valence-corrected chi connectivity index (χ3v) is 4.54. The maximum absolute atomic E-state index is 4.70. The zero-order chi connectivity index (χ0) is 19.9. The van der Waals surface area contributed by atoms with Crippen LogP contribution in [-0.4, -0.2) is 15.0 Å². The van der Waals surface area contributed by atoms with E-state index in [0.717, 1.165) is 22.8 Å². The Kier molecular flexibility index (Phi) is 5.76. The summed E-state index contributed by atoms with van der Waals surface area (Å²) in [5.41, 5.74) is 5.32. The molecule has 5 nitrogen and oxygen atoms in total. The Hall–Kier alpha value is -3.73. The molecule has 2 aromatic carbocycles. The standard InChI is InChI=1S/C24H23N5/c1-18-10-12-19(13-11-18)16-26-23-15-22(20-7-3-2-4-8-20)28-24(29-23)27-17-21-9-5-6-14-25-21/h2-15H,16-17H2,1H3,(H2,26,27,28,29). The van der Waals surface area contributed by atoms with Crippen molar-refractivity contribution in [3.63, 3.8) is 0 Å². The fraction of sp³-hybridized carbons (Fsp3) is 0.125. The lowest BCUT2D eigenvalue weighted by molar-refractivity contribution is 0.997. The summed E-state index contributed by atoms with van der Waals surface area (Å²) in [5.74, 6) is 1.35. The van der Waals surface area contributed by atoms with Gasteiger partial charge in [0, 0.05) is 24.4 Å². The second-order valence-corrected chi connectivity index (χ2v) is 6.84. The zero-order valence-electron chi connectivity index (χ0n) is 16.3. The maximum atomic E-state index is 4.70. The highest BCUT2D eigenvalue weighted by Crippen LogP contribution is 2.22. The normalized spacial score (nSPS) is 10.5. The zero-order valence-corrected chi connectivity index (χ0v) is 16.3. The quantitative estimate of drug-likeness (QED) is 0.468. The summed E-state index contributed by atoms with van der Waals surface area (Å²) in [7, 11) is 0. The van der Waals surface area contributed by atoms with E-state index in [1.54, 1.807) is 6.20 Å². The summed E-state index contributed by atoms with van der Waals surface area (Å²) in [5, 5.41) is 6.71. The number of aryl methyl sites for hydroxylation is 1. The van der Waals surface area contributed by atoms with Crippen molar-refractivity contribution in [2.45, 2.75) is 20.0 Å². The Morgan fingerprint density at radius 3 is 2.31 bits per heavy atom. The predicted molar refractivity (Wildman–Crippen MR) is 118 cm³/mol. The molecule has 0 unspecified atom stereocenters. The molecule has 2 heterocycles. The van der Waals surface area contributed by atoms with Crippen LogP contribution in [0.15, 0.2) is 85.1 Å². The topological polar surface area (TPSA) is 62.7 Å². The molecule has 0 atom stereocenters. The lowest BCUT2D eigenvalue weighted by atomic mass is 10.1. The van der Waals surface area contributed by atoms with Gasteiger partial charge in [-0.25, -0.2) is 4.98 Å². The maximum Gasteiger partial charge on any atom is 0.225 e. The van der Waals surface area contributed by atoms with Crippen LogP contribution in [0.3, 0.4) is 0 Å². The first-order valence-corrected chi connectivity index (χ1v) is 9.64. The molecule has 0 amide bonds. The molecule has 0 saturated carbocycles. The molecule has 0 spiro atoms. The Balaban J connectivity index is 1.56. The minimum Gasteiger partial charge on any atom is -0.366 e. The first-order chi connectivity index (χ1) is 14.3. The first kappa shape index (κ1) is 18.6. The fourth-order valence-electron chi connectivity index (χ4n) is 2.94. The van der Waals surface area contributed by atoms with Crippen LogP contribution in [0.2, 0.25) is 0 Å². The van der Waals surface area contributed by atoms with Gasteiger partial charge in [-0.3, -0.25) is 4.98 Å². The molecule has 0 saturated heterocycles. The lowest BCUT2D eigenvalue weighted by Gasteiger charge is -2.12. The van der Waals surface area contributed by atoms with E-state index < -0.39 is 0 Å². The molecule has 0 fully saturated rings. The van der Waals surface area contributed by atoms with Crippen LogP contribution in [0.25, 0.3) is 11.3 Å². The Morgan fingerprint density at radius 2 is 1.55 bits per heavy atom. The van der Waals surface area contributed by atoms with Crippen molar-refractivity contribution >= 4 is 11.8 Å². The number of nitrogens with one attached hydrogen (secondary N) is 2. The number of hydrogen-bond acceptors (Lipinski definition) is 5. The molecule has 2 aromatic heterocycles. The molecule has 0 aliphatic heterocycles. The largest absolute Gasteiger partial charge is 0.366 e. The summed E-state index contributed by atoms with van der Waals surface area (Å²) in [6.45, 7) is 3.36. The van der Waals surface area contributed by atoms with Crippen LogP contribution >= 0.6 is 0 Å². The highest BCUT2D eigenvalue weighted by molar-refractivity contribution is 5.64. The van der Waals surface area contributed by atoms with E-state index in [1.807, 2.05) is 42.5 Å². The van der Waals surface area contributed by atoms with E-state index >= 15 is 0 Å². The van der Waals surface area contributed by atoms with Crippen molar-refractivity contribution in [1.29, 1.82) is 0 Å². The molecular weight excluding hydrogens is 358 g/mol. The second-order valence-electron chi connectivity index (χ2n) is 6.84. The molecule has 0 aliphatic carbocycles. The summed E-state index contributed by atoms with van der Waals surface area (Å²) in [6, 6.07) is 26.4. The van der Waals surface area contributed by atoms with Gasteiger partial charge in [0.2, 0.25) is 5.95 Å². The number of hydrogen-bond donors (Lipinski definition) is 2. The van der Waals surface area contributed by atoms with Gasteiger partial charge in [-0.2, -0.15) is 4.98 Å². The van der Waals surface area contributed by atoms with Crippen LogP contribution in [0, 0.1) is 6.92 Å². The van der Waals surface area contributed by atoms with Crippen LogP contribution in [0.4, 0.5) is 11.8 Å². The molecular formula is C24H23N5. The van der Waals surface area contributed by atoms with Gasteiger partial charge in [0.15, 0.2) is 0 Å². The molecule has 0 radical (unpaired) electrons. The van der Waals surface area contributed by atoms with Gasteiger partial charge in [-0.15, -0.1) is 0 Å². The molecule has 29 heavy (non-hydrogen) atoms. The fourth-order valence-corrected chi connectivity index (χ4v) is 2.94.